The molecular formula is C13H9Cl2F2NO. The van der Waals surface area contributed by atoms with Gasteiger partial charge in [-0.05, 0) is 24.3 Å². The van der Waals surface area contributed by atoms with Crippen molar-refractivity contribution in [1.29, 1.82) is 0 Å². The van der Waals surface area contributed by atoms with E-state index in [4.69, 9.17) is 33.7 Å². The van der Waals surface area contributed by atoms with Gasteiger partial charge in [-0.2, -0.15) is 0 Å². The van der Waals surface area contributed by atoms with Crippen molar-refractivity contribution in [2.24, 2.45) is 0 Å². The van der Waals surface area contributed by atoms with Crippen LogP contribution in [-0.4, -0.2) is 0 Å². The minimum atomic E-state index is -0.556. The first-order chi connectivity index (χ1) is 8.97. The summed E-state index contributed by atoms with van der Waals surface area (Å²) in [7, 11) is 0. The molecule has 2 nitrogen and oxygen atoms in total. The standard InChI is InChI=1S/C13H9Cl2F2NO/c14-9-4-12(18)13(5-10(9)15)19-6-7-3-8(16)1-2-11(7)17/h1-5H,6,18H2. The van der Waals surface area contributed by atoms with Crippen molar-refractivity contribution in [3.63, 3.8) is 0 Å². The van der Waals surface area contributed by atoms with Crippen LogP contribution in [0, 0.1) is 11.6 Å². The Hall–Kier alpha value is -1.52. The Kier molecular flexibility index (Phi) is 4.12. The maximum absolute atomic E-state index is 13.4. The van der Waals surface area contributed by atoms with Crippen molar-refractivity contribution in [2.45, 2.75) is 6.61 Å². The van der Waals surface area contributed by atoms with E-state index in [9.17, 15) is 8.78 Å². The number of hydrogen-bond acceptors (Lipinski definition) is 2. The minimum Gasteiger partial charge on any atom is -0.487 e. The molecule has 6 heteroatoms. The fourth-order valence-corrected chi connectivity index (χ4v) is 1.80. The molecule has 19 heavy (non-hydrogen) atoms. The van der Waals surface area contributed by atoms with Gasteiger partial charge in [-0.1, -0.05) is 23.2 Å². The summed E-state index contributed by atoms with van der Waals surface area (Å²) in [5, 5.41) is 0.564. The molecule has 2 aromatic rings. The van der Waals surface area contributed by atoms with Gasteiger partial charge in [0.1, 0.15) is 24.0 Å². The van der Waals surface area contributed by atoms with Crippen LogP contribution >= 0.6 is 23.2 Å². The fraction of sp³-hybridized carbons (Fsp3) is 0.0769. The average Bonchev–Trinajstić information content (AvgIpc) is 2.36. The van der Waals surface area contributed by atoms with Gasteiger partial charge in [0.2, 0.25) is 0 Å². The van der Waals surface area contributed by atoms with Crippen LogP contribution in [0.3, 0.4) is 0 Å². The summed E-state index contributed by atoms with van der Waals surface area (Å²) in [6, 6.07) is 5.99. The van der Waals surface area contributed by atoms with E-state index in [2.05, 4.69) is 0 Å². The highest BCUT2D eigenvalue weighted by Gasteiger charge is 2.09. The van der Waals surface area contributed by atoms with Gasteiger partial charge < -0.3 is 10.5 Å². The SMILES string of the molecule is Nc1cc(Cl)c(Cl)cc1OCc1cc(F)ccc1F. The van der Waals surface area contributed by atoms with Crippen LogP contribution in [0.25, 0.3) is 0 Å². The van der Waals surface area contributed by atoms with E-state index in [0.29, 0.717) is 5.02 Å². The van der Waals surface area contributed by atoms with Crippen LogP contribution < -0.4 is 10.5 Å². The maximum Gasteiger partial charge on any atom is 0.144 e. The molecule has 0 radical (unpaired) electrons. The molecule has 0 aliphatic carbocycles. The lowest BCUT2D eigenvalue weighted by Gasteiger charge is -2.10. The van der Waals surface area contributed by atoms with Gasteiger partial charge in [-0.15, -0.1) is 0 Å². The topological polar surface area (TPSA) is 35.2 Å². The second-order valence-electron chi connectivity index (χ2n) is 3.83. The lowest BCUT2D eigenvalue weighted by Crippen LogP contribution is -2.01. The van der Waals surface area contributed by atoms with E-state index in [-0.39, 0.29) is 28.6 Å². The van der Waals surface area contributed by atoms with Crippen LogP contribution in [-0.2, 0) is 6.61 Å². The molecule has 0 aliphatic heterocycles. The second-order valence-corrected chi connectivity index (χ2v) is 4.64. The summed E-state index contributed by atoms with van der Waals surface area (Å²) in [4.78, 5) is 0. The molecule has 0 saturated carbocycles. The number of nitrogens with two attached hydrogens (primary N) is 1. The van der Waals surface area contributed by atoms with Crippen LogP contribution in [0.15, 0.2) is 30.3 Å². The van der Waals surface area contributed by atoms with Gasteiger partial charge in [0.15, 0.2) is 0 Å². The highest BCUT2D eigenvalue weighted by atomic mass is 35.5. The van der Waals surface area contributed by atoms with E-state index < -0.39 is 11.6 Å². The molecule has 100 valence electrons. The zero-order valence-electron chi connectivity index (χ0n) is 9.59. The molecule has 0 fully saturated rings. The Bertz CT molecular complexity index is 620. The molecule has 2 rings (SSSR count). The van der Waals surface area contributed by atoms with Gasteiger partial charge >= 0.3 is 0 Å². The molecule has 0 saturated heterocycles. The summed E-state index contributed by atoms with van der Waals surface area (Å²) in [6.07, 6.45) is 0. The number of halogens is 4. The Morgan fingerprint density at radius 3 is 2.47 bits per heavy atom. The third kappa shape index (κ3) is 3.28. The molecule has 0 atom stereocenters. The Morgan fingerprint density at radius 1 is 1.05 bits per heavy atom. The third-order valence-corrected chi connectivity index (χ3v) is 3.17. The van der Waals surface area contributed by atoms with Crippen molar-refractivity contribution in [3.8, 4) is 5.75 Å². The van der Waals surface area contributed by atoms with E-state index >= 15 is 0 Å². The first-order valence-electron chi connectivity index (χ1n) is 5.28. The number of ether oxygens (including phenoxy) is 1. The molecule has 0 aliphatic rings. The number of nitrogen functional groups attached to an aromatic ring is 1. The summed E-state index contributed by atoms with van der Waals surface area (Å²) in [5.41, 5.74) is 6.04. The quantitative estimate of drug-likeness (QED) is 0.851. The first-order valence-corrected chi connectivity index (χ1v) is 6.04. The normalized spacial score (nSPS) is 10.5. The fourth-order valence-electron chi connectivity index (χ4n) is 1.48. The van der Waals surface area contributed by atoms with Crippen LogP contribution in [0.4, 0.5) is 14.5 Å². The molecule has 0 aromatic heterocycles. The molecule has 0 amide bonds. The number of benzene rings is 2. The van der Waals surface area contributed by atoms with E-state index in [0.717, 1.165) is 18.2 Å². The Morgan fingerprint density at radius 2 is 1.74 bits per heavy atom. The van der Waals surface area contributed by atoms with Gasteiger partial charge in [0.25, 0.3) is 0 Å². The van der Waals surface area contributed by atoms with E-state index in [1.807, 2.05) is 0 Å². The van der Waals surface area contributed by atoms with Gasteiger partial charge in [0.05, 0.1) is 15.7 Å². The lowest BCUT2D eigenvalue weighted by molar-refractivity contribution is 0.300. The van der Waals surface area contributed by atoms with Crippen molar-refractivity contribution < 1.29 is 13.5 Å². The van der Waals surface area contributed by atoms with Crippen molar-refractivity contribution in [1.82, 2.24) is 0 Å². The van der Waals surface area contributed by atoms with Crippen molar-refractivity contribution in [2.75, 3.05) is 5.73 Å². The van der Waals surface area contributed by atoms with Gasteiger partial charge in [-0.25, -0.2) is 8.78 Å². The summed E-state index contributed by atoms with van der Waals surface area (Å²) in [5.74, 6) is -0.833. The number of rotatable bonds is 3. The maximum atomic E-state index is 13.4. The molecule has 2 aromatic carbocycles. The molecule has 0 unspecified atom stereocenters. The smallest absolute Gasteiger partial charge is 0.144 e. The Labute approximate surface area is 118 Å². The average molecular weight is 304 g/mol. The highest BCUT2D eigenvalue weighted by molar-refractivity contribution is 6.42. The predicted molar refractivity (Wildman–Crippen MR) is 71.6 cm³/mol. The van der Waals surface area contributed by atoms with Gasteiger partial charge in [0, 0.05) is 11.6 Å². The van der Waals surface area contributed by atoms with Crippen molar-refractivity contribution in [3.05, 3.63) is 57.6 Å². The van der Waals surface area contributed by atoms with Crippen LogP contribution in [0.2, 0.25) is 10.0 Å². The molecular weight excluding hydrogens is 295 g/mol. The minimum absolute atomic E-state index is 0.0884. The molecule has 0 bridgehead atoms. The predicted octanol–water partition coefficient (Wildman–Crippen LogP) is 4.43. The summed E-state index contributed by atoms with van der Waals surface area (Å²) < 4.78 is 31.7. The summed E-state index contributed by atoms with van der Waals surface area (Å²) in [6.45, 7) is -0.161. The van der Waals surface area contributed by atoms with Crippen LogP contribution in [0.1, 0.15) is 5.56 Å². The summed E-state index contributed by atoms with van der Waals surface area (Å²) >= 11 is 11.6. The zero-order valence-corrected chi connectivity index (χ0v) is 11.1. The van der Waals surface area contributed by atoms with Gasteiger partial charge in [-0.3, -0.25) is 0 Å². The molecule has 2 N–H and O–H groups in total. The largest absolute Gasteiger partial charge is 0.487 e. The number of anilines is 1. The van der Waals surface area contributed by atoms with E-state index in [1.165, 1.54) is 12.1 Å². The zero-order chi connectivity index (χ0) is 14.0. The molecule has 0 spiro atoms. The highest BCUT2D eigenvalue weighted by Crippen LogP contribution is 2.32. The monoisotopic (exact) mass is 303 g/mol. The first kappa shape index (κ1) is 13.9. The number of hydrogen-bond donors (Lipinski definition) is 1. The van der Waals surface area contributed by atoms with Crippen molar-refractivity contribution >= 4 is 28.9 Å². The Balaban J connectivity index is 2.19. The molecule has 0 heterocycles. The van der Waals surface area contributed by atoms with E-state index in [1.54, 1.807) is 0 Å². The second kappa shape index (κ2) is 5.63. The lowest BCUT2D eigenvalue weighted by atomic mass is 10.2. The third-order valence-electron chi connectivity index (χ3n) is 2.44. The van der Waals surface area contributed by atoms with Crippen LogP contribution in [0.5, 0.6) is 5.75 Å².